The van der Waals surface area contributed by atoms with Crippen LogP contribution in [-0.2, 0) is 16.1 Å². The van der Waals surface area contributed by atoms with Crippen LogP contribution in [0.2, 0.25) is 0 Å². The first-order chi connectivity index (χ1) is 10.8. The Morgan fingerprint density at radius 3 is 2.09 bits per heavy atom. The van der Waals surface area contributed by atoms with Gasteiger partial charge in [-0.15, -0.1) is 0 Å². The summed E-state index contributed by atoms with van der Waals surface area (Å²) in [7, 11) is 1.57. The van der Waals surface area contributed by atoms with E-state index in [0.29, 0.717) is 6.61 Å². The Hall–Kier alpha value is -1.94. The van der Waals surface area contributed by atoms with E-state index in [9.17, 15) is 5.11 Å². The second kappa shape index (κ2) is 6.88. The third-order valence-electron chi connectivity index (χ3n) is 3.80. The first-order valence-electron chi connectivity index (χ1n) is 7.43. The number of aliphatic hydroxyl groups is 1. The normalized spacial score (nSPS) is 12.8. The number of hydrogen-bond donors (Lipinski definition) is 1. The highest BCUT2D eigenvalue weighted by atomic mass is 16.5. The van der Waals surface area contributed by atoms with Crippen LogP contribution >= 0.6 is 0 Å². The summed E-state index contributed by atoms with van der Waals surface area (Å²) in [4.78, 5) is 0. The summed E-state index contributed by atoms with van der Waals surface area (Å²) in [6.07, 6.45) is -0.591. The Labute approximate surface area is 130 Å². The Morgan fingerprint density at radius 2 is 1.50 bits per heavy atom. The summed E-state index contributed by atoms with van der Waals surface area (Å²) in [5, 5.41) is 14.5. The van der Waals surface area contributed by atoms with Gasteiger partial charge in [-0.05, 0) is 33.2 Å². The zero-order chi connectivity index (χ0) is 15.4. The molecule has 0 amide bonds. The molecule has 0 saturated heterocycles. The van der Waals surface area contributed by atoms with Crippen molar-refractivity contribution in [3.8, 4) is 0 Å². The summed E-state index contributed by atoms with van der Waals surface area (Å²) in [5.41, 5.74) is 1.17. The Balaban J connectivity index is 1.94. The Kier molecular flexibility index (Phi) is 4.68. The van der Waals surface area contributed by atoms with Gasteiger partial charge in [0, 0.05) is 7.11 Å². The summed E-state index contributed by atoms with van der Waals surface area (Å²) in [5.74, 6) is 0. The summed E-state index contributed by atoms with van der Waals surface area (Å²) < 4.78 is 10.6. The molecule has 0 spiro atoms. The van der Waals surface area contributed by atoms with Crippen LogP contribution in [0.4, 0.5) is 0 Å². The van der Waals surface area contributed by atoms with Crippen LogP contribution in [0.3, 0.4) is 0 Å². The van der Waals surface area contributed by atoms with Crippen LogP contribution in [0, 0.1) is 0 Å². The van der Waals surface area contributed by atoms with Gasteiger partial charge in [0.1, 0.15) is 6.10 Å². The molecule has 3 rings (SSSR count). The lowest BCUT2D eigenvalue weighted by molar-refractivity contribution is -0.0109. The lowest BCUT2D eigenvalue weighted by Crippen LogP contribution is -2.20. The monoisotopic (exact) mass is 296 g/mol. The molecule has 0 aliphatic carbocycles. The second-order valence-corrected chi connectivity index (χ2v) is 5.42. The zero-order valence-corrected chi connectivity index (χ0v) is 12.7. The Bertz CT molecular complexity index is 713. The van der Waals surface area contributed by atoms with Crippen molar-refractivity contribution in [2.45, 2.75) is 12.7 Å². The van der Waals surface area contributed by atoms with Crippen molar-refractivity contribution in [1.82, 2.24) is 0 Å². The number of ether oxygens (including phenoxy) is 2. The van der Waals surface area contributed by atoms with Gasteiger partial charge in [-0.25, -0.2) is 0 Å². The fourth-order valence-electron chi connectivity index (χ4n) is 2.80. The number of benzene rings is 3. The molecule has 0 bridgehead atoms. The van der Waals surface area contributed by atoms with Crippen LogP contribution in [0.15, 0.2) is 54.6 Å². The standard InChI is InChI=1S/C19H20O3/c1-21-11-16(20)12-22-13-19-17-8-4-2-6-14(17)10-15-7-3-5-9-18(15)19/h2-10,16,20H,11-13H2,1H3. The minimum Gasteiger partial charge on any atom is -0.388 e. The quantitative estimate of drug-likeness (QED) is 0.707. The second-order valence-electron chi connectivity index (χ2n) is 5.42. The molecule has 0 radical (unpaired) electrons. The van der Waals surface area contributed by atoms with E-state index < -0.39 is 6.10 Å². The number of hydrogen-bond acceptors (Lipinski definition) is 3. The van der Waals surface area contributed by atoms with E-state index in [0.717, 1.165) is 0 Å². The molecular weight excluding hydrogens is 276 g/mol. The molecule has 114 valence electrons. The predicted molar refractivity (Wildman–Crippen MR) is 89.0 cm³/mol. The average Bonchev–Trinajstić information content (AvgIpc) is 2.54. The predicted octanol–water partition coefficient (Wildman–Crippen LogP) is 3.52. The lowest BCUT2D eigenvalue weighted by atomic mass is 9.97. The molecule has 0 heterocycles. The van der Waals surface area contributed by atoms with Crippen LogP contribution in [0.5, 0.6) is 0 Å². The third kappa shape index (κ3) is 3.12. The van der Waals surface area contributed by atoms with Gasteiger partial charge in [-0.3, -0.25) is 0 Å². The van der Waals surface area contributed by atoms with Gasteiger partial charge >= 0.3 is 0 Å². The molecule has 0 aliphatic heterocycles. The fourth-order valence-corrected chi connectivity index (χ4v) is 2.80. The molecular formula is C19H20O3. The van der Waals surface area contributed by atoms with E-state index in [1.54, 1.807) is 7.11 Å². The van der Waals surface area contributed by atoms with Crippen molar-refractivity contribution in [3.63, 3.8) is 0 Å². The van der Waals surface area contributed by atoms with E-state index in [2.05, 4.69) is 30.3 Å². The van der Waals surface area contributed by atoms with E-state index in [4.69, 9.17) is 9.47 Å². The van der Waals surface area contributed by atoms with Gasteiger partial charge < -0.3 is 14.6 Å². The maximum Gasteiger partial charge on any atom is 0.101 e. The van der Waals surface area contributed by atoms with E-state index >= 15 is 0 Å². The lowest BCUT2D eigenvalue weighted by Gasteiger charge is -2.14. The molecule has 0 fully saturated rings. The van der Waals surface area contributed by atoms with Crippen LogP contribution in [0.25, 0.3) is 21.5 Å². The molecule has 3 nitrogen and oxygen atoms in total. The zero-order valence-electron chi connectivity index (χ0n) is 12.7. The van der Waals surface area contributed by atoms with Crippen LogP contribution in [0.1, 0.15) is 5.56 Å². The number of aliphatic hydroxyl groups excluding tert-OH is 1. The van der Waals surface area contributed by atoms with Crippen molar-refractivity contribution in [2.75, 3.05) is 20.3 Å². The Morgan fingerprint density at radius 1 is 0.909 bits per heavy atom. The smallest absolute Gasteiger partial charge is 0.101 e. The van der Waals surface area contributed by atoms with Crippen molar-refractivity contribution in [2.24, 2.45) is 0 Å². The maximum absolute atomic E-state index is 9.70. The fraction of sp³-hybridized carbons (Fsp3) is 0.263. The summed E-state index contributed by atoms with van der Waals surface area (Å²) in [6, 6.07) is 18.8. The molecule has 3 heteroatoms. The van der Waals surface area contributed by atoms with Crippen molar-refractivity contribution in [3.05, 3.63) is 60.2 Å². The molecule has 3 aromatic rings. The van der Waals surface area contributed by atoms with Gasteiger partial charge in [0.15, 0.2) is 0 Å². The molecule has 0 aliphatic rings. The average molecular weight is 296 g/mol. The van der Waals surface area contributed by atoms with Crippen molar-refractivity contribution < 1.29 is 14.6 Å². The first kappa shape index (κ1) is 15.0. The SMILES string of the molecule is COCC(O)COCc1c2ccccc2cc2ccccc12. The van der Waals surface area contributed by atoms with Crippen molar-refractivity contribution in [1.29, 1.82) is 0 Å². The van der Waals surface area contributed by atoms with E-state index in [1.165, 1.54) is 27.1 Å². The minimum atomic E-state index is -0.591. The molecule has 1 atom stereocenters. The third-order valence-corrected chi connectivity index (χ3v) is 3.80. The van der Waals surface area contributed by atoms with Gasteiger partial charge in [-0.2, -0.15) is 0 Å². The summed E-state index contributed by atoms with van der Waals surface area (Å²) >= 11 is 0. The highest BCUT2D eigenvalue weighted by Crippen LogP contribution is 2.28. The molecule has 0 aromatic heterocycles. The molecule has 0 saturated carbocycles. The topological polar surface area (TPSA) is 38.7 Å². The highest BCUT2D eigenvalue weighted by molar-refractivity contribution is 6.02. The maximum atomic E-state index is 9.70. The van der Waals surface area contributed by atoms with Crippen LogP contribution < -0.4 is 0 Å². The molecule has 3 aromatic carbocycles. The largest absolute Gasteiger partial charge is 0.388 e. The van der Waals surface area contributed by atoms with Crippen LogP contribution in [-0.4, -0.2) is 31.5 Å². The molecule has 1 unspecified atom stereocenters. The number of methoxy groups -OCH3 is 1. The molecule has 1 N–H and O–H groups in total. The van der Waals surface area contributed by atoms with Gasteiger partial charge in [0.05, 0.1) is 19.8 Å². The van der Waals surface area contributed by atoms with E-state index in [-0.39, 0.29) is 13.2 Å². The minimum absolute atomic E-state index is 0.269. The number of fused-ring (bicyclic) bond motifs is 2. The van der Waals surface area contributed by atoms with E-state index in [1.807, 2.05) is 24.3 Å². The molecule has 22 heavy (non-hydrogen) atoms. The van der Waals surface area contributed by atoms with Gasteiger partial charge in [-0.1, -0.05) is 48.5 Å². The van der Waals surface area contributed by atoms with Crippen molar-refractivity contribution >= 4 is 21.5 Å². The highest BCUT2D eigenvalue weighted by Gasteiger charge is 2.09. The number of rotatable bonds is 6. The van der Waals surface area contributed by atoms with Gasteiger partial charge in [0.25, 0.3) is 0 Å². The van der Waals surface area contributed by atoms with Gasteiger partial charge in [0.2, 0.25) is 0 Å². The summed E-state index contributed by atoms with van der Waals surface area (Å²) in [6.45, 7) is 1.03. The first-order valence-corrected chi connectivity index (χ1v) is 7.43.